The minimum Gasteiger partial charge on any atom is -0.378 e. The van der Waals surface area contributed by atoms with E-state index in [0.29, 0.717) is 17.7 Å². The lowest BCUT2D eigenvalue weighted by Crippen LogP contribution is -2.36. The normalized spacial score (nSPS) is 19.0. The van der Waals surface area contributed by atoms with Gasteiger partial charge in [0.15, 0.2) is 5.82 Å². The molecular formula is C22H26FN7O. The van der Waals surface area contributed by atoms with Crippen molar-refractivity contribution < 1.29 is 9.13 Å². The van der Waals surface area contributed by atoms with Crippen LogP contribution in [0, 0.1) is 5.82 Å². The molecule has 0 radical (unpaired) electrons. The van der Waals surface area contributed by atoms with E-state index in [1.807, 2.05) is 23.0 Å². The first-order chi connectivity index (χ1) is 15.2. The van der Waals surface area contributed by atoms with Gasteiger partial charge >= 0.3 is 0 Å². The van der Waals surface area contributed by atoms with Gasteiger partial charge in [-0.3, -0.25) is 4.68 Å². The first-order valence-corrected chi connectivity index (χ1v) is 10.8. The first kappa shape index (κ1) is 19.9. The Balaban J connectivity index is 1.39. The van der Waals surface area contributed by atoms with E-state index in [1.54, 1.807) is 6.20 Å². The van der Waals surface area contributed by atoms with E-state index in [2.05, 4.69) is 37.2 Å². The van der Waals surface area contributed by atoms with Gasteiger partial charge in [0.05, 0.1) is 43.2 Å². The lowest BCUT2D eigenvalue weighted by atomic mass is 9.97. The second-order valence-corrected chi connectivity index (χ2v) is 8.08. The van der Waals surface area contributed by atoms with Crippen LogP contribution >= 0.6 is 0 Å². The number of halogens is 1. The molecule has 5 heterocycles. The van der Waals surface area contributed by atoms with E-state index < -0.39 is 5.82 Å². The van der Waals surface area contributed by atoms with Crippen LogP contribution in [0.1, 0.15) is 37.8 Å². The van der Waals surface area contributed by atoms with Gasteiger partial charge in [0.2, 0.25) is 5.95 Å². The summed E-state index contributed by atoms with van der Waals surface area (Å²) < 4.78 is 22.1. The number of hydrogen-bond donors (Lipinski definition) is 1. The van der Waals surface area contributed by atoms with Crippen molar-refractivity contribution in [3.63, 3.8) is 0 Å². The van der Waals surface area contributed by atoms with Crippen LogP contribution in [-0.4, -0.2) is 51.0 Å². The third-order valence-corrected chi connectivity index (χ3v) is 5.97. The molecule has 0 saturated carbocycles. The maximum Gasteiger partial charge on any atom is 0.229 e. The van der Waals surface area contributed by atoms with Gasteiger partial charge in [0.25, 0.3) is 0 Å². The van der Waals surface area contributed by atoms with Crippen molar-refractivity contribution >= 4 is 17.5 Å². The molecule has 9 heteroatoms. The molecule has 0 unspecified atom stereocenters. The molecule has 0 spiro atoms. The molecule has 1 fully saturated rings. The first-order valence-electron chi connectivity index (χ1n) is 10.8. The molecule has 0 aliphatic carbocycles. The Morgan fingerprint density at radius 3 is 2.74 bits per heavy atom. The highest BCUT2D eigenvalue weighted by Gasteiger charge is 2.24. The number of anilines is 3. The van der Waals surface area contributed by atoms with Gasteiger partial charge in [-0.05, 0) is 30.9 Å². The average Bonchev–Trinajstić information content (AvgIpc) is 3.14. The average molecular weight is 423 g/mol. The predicted molar refractivity (Wildman–Crippen MR) is 116 cm³/mol. The fraction of sp³-hybridized carbons (Fsp3) is 0.455. The monoisotopic (exact) mass is 423 g/mol. The van der Waals surface area contributed by atoms with E-state index in [1.165, 1.54) is 6.20 Å². The van der Waals surface area contributed by atoms with Gasteiger partial charge in [-0.15, -0.1) is 0 Å². The summed E-state index contributed by atoms with van der Waals surface area (Å²) in [5, 5.41) is 7.59. The van der Waals surface area contributed by atoms with E-state index in [-0.39, 0.29) is 5.69 Å². The molecule has 2 aliphatic heterocycles. The molecule has 0 amide bonds. The van der Waals surface area contributed by atoms with Gasteiger partial charge in [-0.1, -0.05) is 13.3 Å². The van der Waals surface area contributed by atoms with Crippen LogP contribution in [0.25, 0.3) is 11.3 Å². The molecule has 5 rings (SSSR count). The van der Waals surface area contributed by atoms with Crippen molar-refractivity contribution in [1.29, 1.82) is 0 Å². The van der Waals surface area contributed by atoms with E-state index >= 15 is 0 Å². The summed E-state index contributed by atoms with van der Waals surface area (Å²) in [5.41, 5.74) is 3.12. The zero-order chi connectivity index (χ0) is 21.2. The maximum absolute atomic E-state index is 14.7. The van der Waals surface area contributed by atoms with Crippen LogP contribution in [-0.2, 0) is 11.3 Å². The molecular weight excluding hydrogens is 397 g/mol. The molecule has 8 nitrogen and oxygen atoms in total. The van der Waals surface area contributed by atoms with E-state index in [0.717, 1.165) is 69.1 Å². The second-order valence-electron chi connectivity index (χ2n) is 8.08. The number of aromatic nitrogens is 5. The Bertz CT molecular complexity index is 1050. The van der Waals surface area contributed by atoms with Crippen molar-refractivity contribution in [2.24, 2.45) is 0 Å². The summed E-state index contributed by atoms with van der Waals surface area (Å²) in [5.74, 6) is 0.773. The number of nitrogens with zero attached hydrogens (tertiary/aromatic N) is 6. The Morgan fingerprint density at radius 1 is 1.06 bits per heavy atom. The lowest BCUT2D eigenvalue weighted by Gasteiger charge is -2.28. The number of ether oxygens (including phenoxy) is 1. The standard InChI is InChI=1S/C22H26FN7O/c1-15-4-2-3-7-30-21(15)17(13-26-30)20-18(23)14-25-22(28-20)27-19-6-5-16(12-24-19)29-8-10-31-11-9-29/h5-6,12-15H,2-4,7-11H2,1H3,(H,24,25,27,28)/t15-/m1/s1. The van der Waals surface area contributed by atoms with Crippen LogP contribution in [0.4, 0.5) is 21.8 Å². The quantitative estimate of drug-likeness (QED) is 0.685. The summed E-state index contributed by atoms with van der Waals surface area (Å²) in [6, 6.07) is 3.88. The molecule has 162 valence electrons. The third kappa shape index (κ3) is 4.10. The Labute approximate surface area is 180 Å². The highest BCUT2D eigenvalue weighted by Crippen LogP contribution is 2.34. The zero-order valence-electron chi connectivity index (χ0n) is 17.6. The second kappa shape index (κ2) is 8.58. The van der Waals surface area contributed by atoms with Crippen molar-refractivity contribution in [3.8, 4) is 11.3 Å². The van der Waals surface area contributed by atoms with Gasteiger partial charge < -0.3 is 15.0 Å². The van der Waals surface area contributed by atoms with Crippen LogP contribution in [0.5, 0.6) is 0 Å². The molecule has 1 N–H and O–H groups in total. The predicted octanol–water partition coefficient (Wildman–Crippen LogP) is 3.74. The summed E-state index contributed by atoms with van der Waals surface area (Å²) >= 11 is 0. The van der Waals surface area contributed by atoms with Crippen molar-refractivity contribution in [2.45, 2.75) is 38.6 Å². The fourth-order valence-electron chi connectivity index (χ4n) is 4.32. The van der Waals surface area contributed by atoms with Gasteiger partial charge in [0.1, 0.15) is 11.5 Å². The molecule has 0 aromatic carbocycles. The molecule has 3 aromatic heterocycles. The fourth-order valence-corrected chi connectivity index (χ4v) is 4.32. The number of morpholine rings is 1. The summed E-state index contributed by atoms with van der Waals surface area (Å²) in [7, 11) is 0. The van der Waals surface area contributed by atoms with Crippen LogP contribution in [0.2, 0.25) is 0 Å². The van der Waals surface area contributed by atoms with E-state index in [4.69, 9.17) is 4.74 Å². The number of hydrogen-bond acceptors (Lipinski definition) is 7. The summed E-state index contributed by atoms with van der Waals surface area (Å²) in [4.78, 5) is 15.3. The summed E-state index contributed by atoms with van der Waals surface area (Å²) in [6.07, 6.45) is 8.05. The summed E-state index contributed by atoms with van der Waals surface area (Å²) in [6.45, 7) is 6.19. The minimum atomic E-state index is -0.451. The molecule has 3 aromatic rings. The number of rotatable bonds is 4. The maximum atomic E-state index is 14.7. The van der Waals surface area contributed by atoms with E-state index in [9.17, 15) is 4.39 Å². The van der Waals surface area contributed by atoms with Gasteiger partial charge in [-0.25, -0.2) is 19.3 Å². The third-order valence-electron chi connectivity index (χ3n) is 5.97. The highest BCUT2D eigenvalue weighted by molar-refractivity contribution is 5.65. The SMILES string of the molecule is C[C@@H]1CCCCn2ncc(-c3nc(Nc4ccc(N5CCOCC5)cn4)ncc3F)c21. The Morgan fingerprint density at radius 2 is 1.94 bits per heavy atom. The van der Waals surface area contributed by atoms with Crippen LogP contribution in [0.15, 0.2) is 30.7 Å². The van der Waals surface area contributed by atoms with Crippen molar-refractivity contribution in [1.82, 2.24) is 24.7 Å². The highest BCUT2D eigenvalue weighted by atomic mass is 19.1. The molecule has 1 saturated heterocycles. The number of pyridine rings is 1. The minimum absolute atomic E-state index is 0.275. The molecule has 2 aliphatic rings. The Hall–Kier alpha value is -3.07. The van der Waals surface area contributed by atoms with Crippen molar-refractivity contribution in [2.75, 3.05) is 36.5 Å². The number of fused-ring (bicyclic) bond motifs is 1. The molecule has 0 bridgehead atoms. The van der Waals surface area contributed by atoms with Crippen LogP contribution in [0.3, 0.4) is 0 Å². The largest absolute Gasteiger partial charge is 0.378 e. The van der Waals surface area contributed by atoms with Crippen molar-refractivity contribution in [3.05, 3.63) is 42.2 Å². The smallest absolute Gasteiger partial charge is 0.229 e. The van der Waals surface area contributed by atoms with Gasteiger partial charge in [0, 0.05) is 25.2 Å². The topological polar surface area (TPSA) is 81.0 Å². The Kier molecular flexibility index (Phi) is 5.50. The van der Waals surface area contributed by atoms with Crippen LogP contribution < -0.4 is 10.2 Å². The van der Waals surface area contributed by atoms with Gasteiger partial charge in [-0.2, -0.15) is 5.10 Å². The molecule has 1 atom stereocenters. The molecule has 31 heavy (non-hydrogen) atoms. The number of aryl methyl sites for hydroxylation is 1. The number of nitrogens with one attached hydrogen (secondary N) is 1. The zero-order valence-corrected chi connectivity index (χ0v) is 17.6. The lowest BCUT2D eigenvalue weighted by molar-refractivity contribution is 0.122.